The van der Waals surface area contributed by atoms with E-state index in [1.54, 1.807) is 6.08 Å². The SMILES string of the molecule is C=C1CCC2CCCCC2C1C/C=C1\C=COC1=O.CO.COC(=O)CCC(=O)O. The van der Waals surface area contributed by atoms with Gasteiger partial charge in [-0.1, -0.05) is 37.5 Å². The van der Waals surface area contributed by atoms with Crippen LogP contribution in [0.15, 0.2) is 36.1 Å². The molecule has 7 heteroatoms. The first kappa shape index (κ1) is 25.6. The molecule has 3 aliphatic rings. The fourth-order valence-electron chi connectivity index (χ4n) is 4.35. The largest absolute Gasteiger partial charge is 0.481 e. The molecule has 0 saturated heterocycles. The van der Waals surface area contributed by atoms with Gasteiger partial charge < -0.3 is 19.7 Å². The van der Waals surface area contributed by atoms with E-state index in [0.29, 0.717) is 11.5 Å². The molecule has 0 radical (unpaired) electrons. The molecule has 0 amide bonds. The van der Waals surface area contributed by atoms with Crippen LogP contribution < -0.4 is 0 Å². The minimum Gasteiger partial charge on any atom is -0.481 e. The predicted molar refractivity (Wildman–Crippen MR) is 112 cm³/mol. The number of esters is 2. The number of carboxylic acids is 1. The van der Waals surface area contributed by atoms with Gasteiger partial charge in [-0.25, -0.2) is 4.79 Å². The highest BCUT2D eigenvalue weighted by Crippen LogP contribution is 2.47. The highest BCUT2D eigenvalue weighted by Gasteiger charge is 2.36. The zero-order chi connectivity index (χ0) is 22.5. The molecule has 0 aromatic carbocycles. The van der Waals surface area contributed by atoms with E-state index in [9.17, 15) is 14.4 Å². The summed E-state index contributed by atoms with van der Waals surface area (Å²) in [5, 5.41) is 15.1. The lowest BCUT2D eigenvalue weighted by Crippen LogP contribution is -2.32. The lowest BCUT2D eigenvalue weighted by atomic mass is 9.63. The van der Waals surface area contributed by atoms with Crippen LogP contribution in [-0.4, -0.2) is 42.3 Å². The third-order valence-electron chi connectivity index (χ3n) is 5.87. The topological polar surface area (TPSA) is 110 Å². The number of carbonyl (C=O) groups is 3. The van der Waals surface area contributed by atoms with Crippen molar-refractivity contribution in [1.29, 1.82) is 0 Å². The molecular weight excluding hydrogens is 388 g/mol. The van der Waals surface area contributed by atoms with Crippen LogP contribution in [0.25, 0.3) is 0 Å². The van der Waals surface area contributed by atoms with E-state index in [0.717, 1.165) is 25.4 Å². The number of methoxy groups -OCH3 is 1. The van der Waals surface area contributed by atoms with Crippen molar-refractivity contribution in [3.8, 4) is 0 Å². The summed E-state index contributed by atoms with van der Waals surface area (Å²) in [6, 6.07) is 0. The zero-order valence-electron chi connectivity index (χ0n) is 18.0. The molecule has 2 aliphatic carbocycles. The molecule has 3 unspecified atom stereocenters. The van der Waals surface area contributed by atoms with Crippen LogP contribution in [0.1, 0.15) is 57.8 Å². The number of hydrogen-bond donors (Lipinski definition) is 2. The number of rotatable bonds is 5. The number of ether oxygens (including phenoxy) is 2. The summed E-state index contributed by atoms with van der Waals surface area (Å²) in [7, 11) is 2.23. The van der Waals surface area contributed by atoms with Gasteiger partial charge in [0.1, 0.15) is 0 Å². The first-order chi connectivity index (χ1) is 14.4. The molecule has 0 aromatic heterocycles. The minimum atomic E-state index is -0.986. The maximum atomic E-state index is 11.4. The van der Waals surface area contributed by atoms with Crippen LogP contribution in [0.4, 0.5) is 0 Å². The van der Waals surface area contributed by atoms with Crippen molar-refractivity contribution in [3.05, 3.63) is 36.1 Å². The number of cyclic esters (lactones) is 1. The van der Waals surface area contributed by atoms with Crippen LogP contribution in [0.3, 0.4) is 0 Å². The lowest BCUT2D eigenvalue weighted by Gasteiger charge is -2.42. The van der Waals surface area contributed by atoms with E-state index < -0.39 is 11.9 Å². The molecule has 1 heterocycles. The Labute approximate surface area is 178 Å². The van der Waals surface area contributed by atoms with Crippen LogP contribution in [-0.2, 0) is 23.9 Å². The maximum absolute atomic E-state index is 11.4. The van der Waals surface area contributed by atoms with Gasteiger partial charge in [0.25, 0.3) is 0 Å². The summed E-state index contributed by atoms with van der Waals surface area (Å²) in [5.74, 6) is 0.592. The van der Waals surface area contributed by atoms with Crippen molar-refractivity contribution in [2.75, 3.05) is 14.2 Å². The number of aliphatic hydroxyl groups is 1. The number of fused-ring (bicyclic) bond motifs is 1. The summed E-state index contributed by atoms with van der Waals surface area (Å²) < 4.78 is 9.03. The van der Waals surface area contributed by atoms with E-state index in [1.807, 2.05) is 0 Å². The average Bonchev–Trinajstić information content (AvgIpc) is 3.18. The molecule has 2 saturated carbocycles. The first-order valence-corrected chi connectivity index (χ1v) is 10.4. The Balaban J connectivity index is 0.000000349. The third-order valence-corrected chi connectivity index (χ3v) is 5.87. The summed E-state index contributed by atoms with van der Waals surface area (Å²) in [6.07, 6.45) is 14.1. The molecule has 1 aliphatic heterocycles. The average molecular weight is 423 g/mol. The highest BCUT2D eigenvalue weighted by molar-refractivity contribution is 5.94. The number of carbonyl (C=O) groups excluding carboxylic acids is 2. The van der Waals surface area contributed by atoms with E-state index in [-0.39, 0.29) is 18.8 Å². The Hall–Kier alpha value is -2.41. The maximum Gasteiger partial charge on any atom is 0.342 e. The van der Waals surface area contributed by atoms with Crippen molar-refractivity contribution in [3.63, 3.8) is 0 Å². The minimum absolute atomic E-state index is 0.0498. The van der Waals surface area contributed by atoms with Crippen LogP contribution >= 0.6 is 0 Å². The zero-order valence-corrected chi connectivity index (χ0v) is 18.0. The summed E-state index contributed by atoms with van der Waals surface area (Å²) in [6.45, 7) is 4.29. The monoisotopic (exact) mass is 422 g/mol. The van der Waals surface area contributed by atoms with Crippen molar-refractivity contribution >= 4 is 17.9 Å². The standard InChI is InChI=1S/C17H22O2.C5H8O4.CH4O/c1-12-6-7-13-4-2-3-5-16(13)15(12)9-8-14-10-11-19-17(14)18;1-9-5(8)3-2-4(6)7;1-2/h8,10-11,13,15-16H,1-7,9H2;2-3H2,1H3,(H,6,7);2H,1H3/b14-8+;;. The molecule has 168 valence electrons. The van der Waals surface area contributed by atoms with Gasteiger partial charge in [-0.2, -0.15) is 0 Å². The Morgan fingerprint density at radius 2 is 1.93 bits per heavy atom. The van der Waals surface area contributed by atoms with Crippen molar-refractivity contribution < 1.29 is 34.1 Å². The van der Waals surface area contributed by atoms with Gasteiger partial charge in [-0.3, -0.25) is 9.59 Å². The second-order valence-corrected chi connectivity index (χ2v) is 7.58. The molecule has 0 aromatic rings. The van der Waals surface area contributed by atoms with Crippen molar-refractivity contribution in [1.82, 2.24) is 0 Å². The van der Waals surface area contributed by atoms with Crippen LogP contribution in [0.5, 0.6) is 0 Å². The van der Waals surface area contributed by atoms with Gasteiger partial charge in [0.05, 0.1) is 31.8 Å². The molecular formula is C23H34O7. The van der Waals surface area contributed by atoms with E-state index >= 15 is 0 Å². The molecule has 7 nitrogen and oxygen atoms in total. The molecule has 2 fully saturated rings. The fraction of sp³-hybridized carbons (Fsp3) is 0.609. The second kappa shape index (κ2) is 13.7. The van der Waals surface area contributed by atoms with Gasteiger partial charge in [0.2, 0.25) is 0 Å². The first-order valence-electron chi connectivity index (χ1n) is 10.4. The molecule has 3 atom stereocenters. The van der Waals surface area contributed by atoms with E-state index in [1.165, 1.54) is 57.5 Å². The smallest absolute Gasteiger partial charge is 0.342 e. The highest BCUT2D eigenvalue weighted by atomic mass is 16.5. The Morgan fingerprint density at radius 3 is 2.53 bits per heavy atom. The number of aliphatic carboxylic acids is 1. The molecule has 30 heavy (non-hydrogen) atoms. The number of allylic oxidation sites excluding steroid dienone is 2. The Morgan fingerprint density at radius 1 is 1.23 bits per heavy atom. The quantitative estimate of drug-likeness (QED) is 0.394. The fourth-order valence-corrected chi connectivity index (χ4v) is 4.35. The van der Waals surface area contributed by atoms with Crippen LogP contribution in [0.2, 0.25) is 0 Å². The number of carboxylic acid groups (broad SMARTS) is 1. The predicted octanol–water partition coefficient (Wildman–Crippen LogP) is 3.78. The third kappa shape index (κ3) is 8.14. The summed E-state index contributed by atoms with van der Waals surface area (Å²) in [4.78, 5) is 31.5. The number of hydrogen-bond acceptors (Lipinski definition) is 6. The Bertz CT molecular complexity index is 662. The molecule has 0 bridgehead atoms. The number of aliphatic hydroxyl groups excluding tert-OH is 1. The van der Waals surface area contributed by atoms with Gasteiger partial charge in [0, 0.05) is 7.11 Å². The van der Waals surface area contributed by atoms with Gasteiger partial charge in [0.15, 0.2) is 0 Å². The van der Waals surface area contributed by atoms with E-state index in [2.05, 4.69) is 17.4 Å². The van der Waals surface area contributed by atoms with E-state index in [4.69, 9.17) is 14.9 Å². The second-order valence-electron chi connectivity index (χ2n) is 7.58. The van der Waals surface area contributed by atoms with Crippen molar-refractivity contribution in [2.24, 2.45) is 17.8 Å². The van der Waals surface area contributed by atoms with Gasteiger partial charge in [-0.05, 0) is 49.5 Å². The normalized spacial score (nSPS) is 25.8. The summed E-state index contributed by atoms with van der Waals surface area (Å²) >= 11 is 0. The molecule has 2 N–H and O–H groups in total. The molecule has 0 spiro atoms. The van der Waals surface area contributed by atoms with Gasteiger partial charge >= 0.3 is 17.9 Å². The lowest BCUT2D eigenvalue weighted by molar-refractivity contribution is -0.145. The Kier molecular flexibility index (Phi) is 11.7. The summed E-state index contributed by atoms with van der Waals surface area (Å²) in [5.41, 5.74) is 2.11. The molecule has 3 rings (SSSR count). The van der Waals surface area contributed by atoms with Gasteiger partial charge in [-0.15, -0.1) is 0 Å². The van der Waals surface area contributed by atoms with Crippen molar-refractivity contribution in [2.45, 2.75) is 57.8 Å². The van der Waals surface area contributed by atoms with Crippen LogP contribution in [0, 0.1) is 17.8 Å².